The van der Waals surface area contributed by atoms with Gasteiger partial charge in [-0.25, -0.2) is 13.8 Å². The fourth-order valence-electron chi connectivity index (χ4n) is 1.98. The van der Waals surface area contributed by atoms with Crippen molar-refractivity contribution in [3.63, 3.8) is 0 Å². The van der Waals surface area contributed by atoms with Crippen molar-refractivity contribution in [1.82, 2.24) is 4.98 Å². The van der Waals surface area contributed by atoms with E-state index >= 15 is 0 Å². The largest absolute Gasteiger partial charge is 0.470 e. The van der Waals surface area contributed by atoms with E-state index in [0.717, 1.165) is 24.6 Å². The Morgan fingerprint density at radius 2 is 1.83 bits per heavy atom. The highest BCUT2D eigenvalue weighted by atomic mass is 19.3. The SMILES string of the molecule is C/C(=N\OCc1ccc(C(C)(F)F)cc1)c1ccc(OCC(=N)N)nc1.CCN. The van der Waals surface area contributed by atoms with E-state index in [4.69, 9.17) is 26.5 Å². The quantitative estimate of drug-likeness (QED) is 0.352. The first kappa shape index (κ1) is 24.0. The van der Waals surface area contributed by atoms with Gasteiger partial charge in [-0.05, 0) is 25.1 Å². The average Bonchev–Trinajstić information content (AvgIpc) is 2.67. The van der Waals surface area contributed by atoms with Crippen LogP contribution in [0, 0.1) is 5.41 Å². The van der Waals surface area contributed by atoms with Crippen LogP contribution in [-0.2, 0) is 17.4 Å². The first-order chi connectivity index (χ1) is 13.7. The van der Waals surface area contributed by atoms with Gasteiger partial charge in [-0.3, -0.25) is 5.41 Å². The molecule has 0 aliphatic carbocycles. The van der Waals surface area contributed by atoms with Crippen LogP contribution < -0.4 is 16.2 Å². The molecule has 0 fully saturated rings. The van der Waals surface area contributed by atoms with Crippen molar-refractivity contribution in [1.29, 1.82) is 5.41 Å². The summed E-state index contributed by atoms with van der Waals surface area (Å²) in [6.45, 7) is 5.41. The Kier molecular flexibility index (Phi) is 9.67. The normalized spacial score (nSPS) is 11.3. The van der Waals surface area contributed by atoms with E-state index in [2.05, 4.69) is 10.1 Å². The predicted molar refractivity (Wildman–Crippen MR) is 109 cm³/mol. The predicted octanol–water partition coefficient (Wildman–Crippen LogP) is 3.41. The van der Waals surface area contributed by atoms with Crippen LogP contribution >= 0.6 is 0 Å². The Morgan fingerprint density at radius 1 is 1.21 bits per heavy atom. The molecule has 0 aliphatic rings. The monoisotopic (exact) mass is 407 g/mol. The van der Waals surface area contributed by atoms with Crippen LogP contribution in [0.5, 0.6) is 5.88 Å². The number of amidine groups is 1. The van der Waals surface area contributed by atoms with Crippen LogP contribution in [0.15, 0.2) is 47.8 Å². The Labute approximate surface area is 169 Å². The van der Waals surface area contributed by atoms with Gasteiger partial charge in [0.2, 0.25) is 5.88 Å². The number of alkyl halides is 2. The lowest BCUT2D eigenvalue weighted by Crippen LogP contribution is -2.19. The fraction of sp³-hybridized carbons (Fsp3) is 0.350. The van der Waals surface area contributed by atoms with Gasteiger partial charge in [-0.2, -0.15) is 0 Å². The molecule has 29 heavy (non-hydrogen) atoms. The Balaban J connectivity index is 0.00000132. The summed E-state index contributed by atoms with van der Waals surface area (Å²) in [6, 6.07) is 9.31. The topological polar surface area (TPSA) is 120 Å². The number of nitrogens with zero attached hydrogens (tertiary/aromatic N) is 2. The molecule has 7 nitrogen and oxygen atoms in total. The first-order valence-electron chi connectivity index (χ1n) is 8.93. The standard InChI is InChI=1S/C18H20F2N4O2.C2H7N/c1-12(14-5-8-17(23-9-14)25-11-16(21)22)24-26-10-13-3-6-15(7-4-13)18(2,19)20;1-2-3/h3-9H,10-11H2,1-2H3,(H3,21,22);2-3H2,1H3/b24-12+;. The summed E-state index contributed by atoms with van der Waals surface area (Å²) in [6.07, 6.45) is 1.57. The van der Waals surface area contributed by atoms with Gasteiger partial charge in [0.25, 0.3) is 5.92 Å². The number of aromatic nitrogens is 1. The highest BCUT2D eigenvalue weighted by molar-refractivity contribution is 5.98. The molecule has 0 saturated heterocycles. The van der Waals surface area contributed by atoms with Gasteiger partial charge in [-0.1, -0.05) is 36.3 Å². The van der Waals surface area contributed by atoms with Crippen molar-refractivity contribution in [2.24, 2.45) is 16.6 Å². The summed E-state index contributed by atoms with van der Waals surface area (Å²) in [5.41, 5.74) is 12.1. The number of pyridine rings is 1. The summed E-state index contributed by atoms with van der Waals surface area (Å²) in [5, 5.41) is 11.1. The molecule has 0 spiro atoms. The molecule has 1 heterocycles. The molecule has 2 aromatic rings. The van der Waals surface area contributed by atoms with E-state index in [0.29, 0.717) is 11.6 Å². The van der Waals surface area contributed by atoms with Crippen LogP contribution in [0.2, 0.25) is 0 Å². The summed E-state index contributed by atoms with van der Waals surface area (Å²) >= 11 is 0. The second kappa shape index (κ2) is 11.7. The van der Waals surface area contributed by atoms with E-state index in [9.17, 15) is 8.78 Å². The van der Waals surface area contributed by atoms with E-state index in [-0.39, 0.29) is 24.6 Å². The maximum Gasteiger partial charge on any atom is 0.270 e. The Bertz CT molecular complexity index is 788. The summed E-state index contributed by atoms with van der Waals surface area (Å²) in [5.74, 6) is -2.59. The smallest absolute Gasteiger partial charge is 0.270 e. The van der Waals surface area contributed by atoms with Crippen LogP contribution in [0.25, 0.3) is 0 Å². The number of nitrogens with two attached hydrogens (primary N) is 2. The van der Waals surface area contributed by atoms with Gasteiger partial charge < -0.3 is 21.0 Å². The molecule has 0 aliphatic heterocycles. The summed E-state index contributed by atoms with van der Waals surface area (Å²) in [4.78, 5) is 9.36. The van der Waals surface area contributed by atoms with Crippen molar-refractivity contribution in [3.05, 3.63) is 59.3 Å². The number of halogens is 2. The molecule has 0 amide bonds. The third-order valence-corrected chi connectivity index (χ3v) is 3.42. The number of nitrogens with one attached hydrogen (secondary N) is 1. The molecule has 158 valence electrons. The van der Waals surface area contributed by atoms with Gasteiger partial charge in [0, 0.05) is 30.3 Å². The lowest BCUT2D eigenvalue weighted by atomic mass is 10.1. The number of rotatable bonds is 8. The molecular formula is C20H27F2N5O2. The van der Waals surface area contributed by atoms with E-state index in [1.165, 1.54) is 12.1 Å². The zero-order chi connectivity index (χ0) is 21.9. The van der Waals surface area contributed by atoms with Gasteiger partial charge in [0.15, 0.2) is 0 Å². The fourth-order valence-corrected chi connectivity index (χ4v) is 1.98. The number of benzene rings is 1. The molecule has 0 saturated carbocycles. The second-order valence-electron chi connectivity index (χ2n) is 6.14. The molecular weight excluding hydrogens is 380 g/mol. The maximum atomic E-state index is 13.2. The van der Waals surface area contributed by atoms with Crippen molar-refractivity contribution in [2.75, 3.05) is 13.2 Å². The van der Waals surface area contributed by atoms with Crippen LogP contribution in [-0.4, -0.2) is 29.7 Å². The maximum absolute atomic E-state index is 13.2. The highest BCUT2D eigenvalue weighted by Gasteiger charge is 2.23. The van der Waals surface area contributed by atoms with Gasteiger partial charge in [0.1, 0.15) is 19.0 Å². The first-order valence-corrected chi connectivity index (χ1v) is 8.93. The minimum atomic E-state index is -2.86. The average molecular weight is 407 g/mol. The number of ether oxygens (including phenoxy) is 1. The Morgan fingerprint density at radius 3 is 2.31 bits per heavy atom. The van der Waals surface area contributed by atoms with Crippen LogP contribution in [0.4, 0.5) is 8.78 Å². The molecule has 1 aromatic heterocycles. The molecule has 1 aromatic carbocycles. The van der Waals surface area contributed by atoms with E-state index in [1.807, 2.05) is 6.92 Å². The van der Waals surface area contributed by atoms with Crippen LogP contribution in [0.3, 0.4) is 0 Å². The van der Waals surface area contributed by atoms with Crippen molar-refractivity contribution in [3.8, 4) is 5.88 Å². The van der Waals surface area contributed by atoms with Crippen molar-refractivity contribution >= 4 is 11.5 Å². The third kappa shape index (κ3) is 9.11. The lowest BCUT2D eigenvalue weighted by Gasteiger charge is -2.10. The van der Waals surface area contributed by atoms with E-state index < -0.39 is 5.92 Å². The minimum Gasteiger partial charge on any atom is -0.470 e. The van der Waals surface area contributed by atoms with Crippen LogP contribution in [0.1, 0.15) is 37.5 Å². The summed E-state index contributed by atoms with van der Waals surface area (Å²) in [7, 11) is 0. The van der Waals surface area contributed by atoms with Crippen molar-refractivity contribution in [2.45, 2.75) is 33.3 Å². The molecule has 0 unspecified atom stereocenters. The molecule has 0 atom stereocenters. The third-order valence-electron chi connectivity index (χ3n) is 3.42. The zero-order valence-corrected chi connectivity index (χ0v) is 16.8. The molecule has 2 rings (SSSR count). The van der Waals surface area contributed by atoms with Crippen molar-refractivity contribution < 1.29 is 18.4 Å². The van der Waals surface area contributed by atoms with Gasteiger partial charge >= 0.3 is 0 Å². The van der Waals surface area contributed by atoms with Gasteiger partial charge in [-0.15, -0.1) is 0 Å². The summed E-state index contributed by atoms with van der Waals surface area (Å²) < 4.78 is 31.5. The molecule has 5 N–H and O–H groups in total. The number of oxime groups is 1. The Hall–Kier alpha value is -3.07. The molecule has 9 heteroatoms. The lowest BCUT2D eigenvalue weighted by molar-refractivity contribution is 0.0174. The zero-order valence-electron chi connectivity index (χ0n) is 16.8. The number of hydrogen-bond acceptors (Lipinski definition) is 6. The van der Waals surface area contributed by atoms with Gasteiger partial charge in [0.05, 0.1) is 5.71 Å². The molecule has 0 radical (unpaired) electrons. The van der Waals surface area contributed by atoms with E-state index in [1.54, 1.807) is 37.4 Å². The number of hydrogen-bond donors (Lipinski definition) is 3. The second-order valence-corrected chi connectivity index (χ2v) is 6.14. The minimum absolute atomic E-state index is 0.0225. The highest BCUT2D eigenvalue weighted by Crippen LogP contribution is 2.26. The molecule has 0 bridgehead atoms.